The van der Waals surface area contributed by atoms with Gasteiger partial charge in [0.05, 0.1) is 13.2 Å². The topological polar surface area (TPSA) is 96.2 Å². The Morgan fingerprint density at radius 2 is 2.09 bits per heavy atom. The normalized spacial score (nSPS) is 14.9. The third-order valence-corrected chi connectivity index (χ3v) is 1.45. The smallest absolute Gasteiger partial charge is 0.394 e. The standard InChI is InChI=1S/C4H11O6P/c1-9-4(2-5)3-10-11(6,7)8/h4-5H,2-3H2,1H3,(H2,6,7,8)/t4-/m0/s1. The lowest BCUT2D eigenvalue weighted by Crippen LogP contribution is -2.21. The quantitative estimate of drug-likeness (QED) is 0.481. The highest BCUT2D eigenvalue weighted by Crippen LogP contribution is 2.35. The summed E-state index contributed by atoms with van der Waals surface area (Å²) in [5, 5.41) is 8.46. The molecule has 3 N–H and O–H groups in total. The Morgan fingerprint density at radius 1 is 1.55 bits per heavy atom. The Labute approximate surface area is 64.0 Å². The number of hydrogen-bond donors (Lipinski definition) is 3. The molecule has 0 aromatic rings. The van der Waals surface area contributed by atoms with Crippen LogP contribution in [0, 0.1) is 0 Å². The van der Waals surface area contributed by atoms with E-state index in [-0.39, 0.29) is 13.2 Å². The van der Waals surface area contributed by atoms with Gasteiger partial charge < -0.3 is 19.6 Å². The summed E-state index contributed by atoms with van der Waals surface area (Å²) in [5.41, 5.74) is 0. The van der Waals surface area contributed by atoms with E-state index in [0.29, 0.717) is 0 Å². The van der Waals surface area contributed by atoms with E-state index in [1.807, 2.05) is 0 Å². The summed E-state index contributed by atoms with van der Waals surface area (Å²) < 4.78 is 18.7. The first-order valence-electron chi connectivity index (χ1n) is 2.83. The lowest BCUT2D eigenvalue weighted by atomic mass is 10.4. The minimum Gasteiger partial charge on any atom is -0.394 e. The number of rotatable bonds is 5. The SMILES string of the molecule is CO[C@@H](CO)COP(=O)(O)O. The summed E-state index contributed by atoms with van der Waals surface area (Å²) in [6.07, 6.45) is -0.692. The number of hydrogen-bond acceptors (Lipinski definition) is 4. The number of ether oxygens (including phenoxy) is 1. The van der Waals surface area contributed by atoms with Gasteiger partial charge in [-0.2, -0.15) is 0 Å². The molecule has 0 aliphatic carbocycles. The summed E-state index contributed by atoms with van der Waals surface area (Å²) in [4.78, 5) is 16.4. The van der Waals surface area contributed by atoms with Gasteiger partial charge in [-0.1, -0.05) is 0 Å². The molecular formula is C4H11O6P. The van der Waals surface area contributed by atoms with Crippen LogP contribution < -0.4 is 0 Å². The molecule has 0 spiro atoms. The molecule has 68 valence electrons. The zero-order valence-electron chi connectivity index (χ0n) is 6.01. The predicted molar refractivity (Wildman–Crippen MR) is 35.9 cm³/mol. The highest BCUT2D eigenvalue weighted by Gasteiger charge is 2.17. The number of phosphoric ester groups is 1. The average molecular weight is 186 g/mol. The second-order valence-electron chi connectivity index (χ2n) is 1.83. The summed E-state index contributed by atoms with van der Waals surface area (Å²) in [5.74, 6) is 0. The minimum absolute atomic E-state index is 0.322. The van der Waals surface area contributed by atoms with Crippen LogP contribution in [0.2, 0.25) is 0 Å². The molecule has 0 saturated carbocycles. The van der Waals surface area contributed by atoms with Gasteiger partial charge in [-0.15, -0.1) is 0 Å². The van der Waals surface area contributed by atoms with Gasteiger partial charge in [-0.3, -0.25) is 4.52 Å². The van der Waals surface area contributed by atoms with E-state index in [9.17, 15) is 4.57 Å². The summed E-state index contributed by atoms with van der Waals surface area (Å²) in [6, 6.07) is 0. The number of aliphatic hydroxyl groups is 1. The van der Waals surface area contributed by atoms with Crippen LogP contribution in [-0.4, -0.2) is 41.3 Å². The first-order valence-corrected chi connectivity index (χ1v) is 4.36. The van der Waals surface area contributed by atoms with E-state index in [2.05, 4.69) is 9.26 Å². The molecule has 7 heteroatoms. The van der Waals surface area contributed by atoms with Gasteiger partial charge in [-0.05, 0) is 0 Å². The van der Waals surface area contributed by atoms with E-state index in [0.717, 1.165) is 0 Å². The van der Waals surface area contributed by atoms with Crippen LogP contribution >= 0.6 is 7.82 Å². The molecule has 11 heavy (non-hydrogen) atoms. The Hall–Kier alpha value is 0.0300. The highest BCUT2D eigenvalue weighted by atomic mass is 31.2. The molecule has 0 saturated heterocycles. The van der Waals surface area contributed by atoms with Crippen LogP contribution in [-0.2, 0) is 13.8 Å². The van der Waals surface area contributed by atoms with Gasteiger partial charge in [0.2, 0.25) is 0 Å². The fourth-order valence-corrected chi connectivity index (χ4v) is 0.736. The maximum absolute atomic E-state index is 10.1. The summed E-state index contributed by atoms with van der Waals surface area (Å²) in [7, 11) is -3.13. The molecule has 0 bridgehead atoms. The van der Waals surface area contributed by atoms with Crippen molar-refractivity contribution in [3.8, 4) is 0 Å². The van der Waals surface area contributed by atoms with Crippen LogP contribution in [0.3, 0.4) is 0 Å². The van der Waals surface area contributed by atoms with Crippen molar-refractivity contribution < 1.29 is 28.7 Å². The van der Waals surface area contributed by atoms with Crippen LogP contribution in [0.1, 0.15) is 0 Å². The molecule has 0 amide bonds. The monoisotopic (exact) mass is 186 g/mol. The number of aliphatic hydroxyl groups excluding tert-OH is 1. The van der Waals surface area contributed by atoms with Crippen LogP contribution in [0.15, 0.2) is 0 Å². The van der Waals surface area contributed by atoms with E-state index in [1.54, 1.807) is 0 Å². The Morgan fingerprint density at radius 3 is 2.36 bits per heavy atom. The van der Waals surface area contributed by atoms with E-state index < -0.39 is 13.9 Å². The summed E-state index contributed by atoms with van der Waals surface area (Å²) in [6.45, 7) is -0.659. The maximum Gasteiger partial charge on any atom is 0.469 e. The summed E-state index contributed by atoms with van der Waals surface area (Å²) >= 11 is 0. The van der Waals surface area contributed by atoms with Crippen molar-refractivity contribution in [2.24, 2.45) is 0 Å². The van der Waals surface area contributed by atoms with Gasteiger partial charge in [-0.25, -0.2) is 4.57 Å². The molecule has 0 heterocycles. The van der Waals surface area contributed by atoms with Crippen molar-refractivity contribution in [2.75, 3.05) is 20.3 Å². The van der Waals surface area contributed by atoms with Crippen LogP contribution in [0.25, 0.3) is 0 Å². The molecule has 0 aliphatic rings. The third-order valence-electron chi connectivity index (χ3n) is 0.966. The molecule has 0 unspecified atom stereocenters. The van der Waals surface area contributed by atoms with E-state index in [1.165, 1.54) is 7.11 Å². The van der Waals surface area contributed by atoms with Gasteiger partial charge in [0.25, 0.3) is 0 Å². The molecule has 0 rings (SSSR count). The number of methoxy groups -OCH3 is 1. The maximum atomic E-state index is 10.1. The van der Waals surface area contributed by atoms with Crippen molar-refractivity contribution in [3.63, 3.8) is 0 Å². The first-order chi connectivity index (χ1) is 4.99. The second-order valence-corrected chi connectivity index (χ2v) is 3.07. The molecule has 0 aromatic carbocycles. The molecular weight excluding hydrogens is 175 g/mol. The Bertz CT molecular complexity index is 138. The molecule has 0 radical (unpaired) electrons. The molecule has 6 nitrogen and oxygen atoms in total. The third kappa shape index (κ3) is 6.43. The molecule has 0 aromatic heterocycles. The molecule has 0 fully saturated rings. The zero-order chi connectivity index (χ0) is 8.91. The Kier molecular flexibility index (Phi) is 4.83. The number of phosphoric acid groups is 1. The predicted octanol–water partition coefficient (Wildman–Crippen LogP) is -0.897. The van der Waals surface area contributed by atoms with Gasteiger partial charge >= 0.3 is 7.82 Å². The fraction of sp³-hybridized carbons (Fsp3) is 1.00. The van der Waals surface area contributed by atoms with E-state index >= 15 is 0 Å². The first kappa shape index (κ1) is 11.0. The molecule has 1 atom stereocenters. The van der Waals surface area contributed by atoms with Gasteiger partial charge in [0, 0.05) is 7.11 Å². The average Bonchev–Trinajstić information content (AvgIpc) is 1.88. The van der Waals surface area contributed by atoms with E-state index in [4.69, 9.17) is 14.9 Å². The van der Waals surface area contributed by atoms with Gasteiger partial charge in [0.1, 0.15) is 6.10 Å². The molecule has 0 aliphatic heterocycles. The lowest BCUT2D eigenvalue weighted by Gasteiger charge is -2.12. The van der Waals surface area contributed by atoms with Crippen molar-refractivity contribution in [2.45, 2.75) is 6.10 Å². The zero-order valence-corrected chi connectivity index (χ0v) is 6.90. The van der Waals surface area contributed by atoms with Crippen LogP contribution in [0.4, 0.5) is 0 Å². The van der Waals surface area contributed by atoms with Crippen molar-refractivity contribution in [3.05, 3.63) is 0 Å². The Balaban J connectivity index is 3.59. The fourth-order valence-electron chi connectivity index (χ4n) is 0.376. The van der Waals surface area contributed by atoms with Crippen LogP contribution in [0.5, 0.6) is 0 Å². The second kappa shape index (κ2) is 4.82. The highest BCUT2D eigenvalue weighted by molar-refractivity contribution is 7.46. The van der Waals surface area contributed by atoms with Crippen molar-refractivity contribution in [1.29, 1.82) is 0 Å². The van der Waals surface area contributed by atoms with Gasteiger partial charge in [0.15, 0.2) is 0 Å². The lowest BCUT2D eigenvalue weighted by molar-refractivity contribution is 0.00862. The van der Waals surface area contributed by atoms with Crippen molar-refractivity contribution >= 4 is 7.82 Å². The minimum atomic E-state index is -4.44. The largest absolute Gasteiger partial charge is 0.469 e. The van der Waals surface area contributed by atoms with Crippen molar-refractivity contribution in [1.82, 2.24) is 0 Å².